The first-order valence-corrected chi connectivity index (χ1v) is 10.6. The summed E-state index contributed by atoms with van der Waals surface area (Å²) in [6.45, 7) is 3.10. The minimum Gasteiger partial charge on any atom is -0.368 e. The number of anilines is 1. The van der Waals surface area contributed by atoms with Gasteiger partial charge in [0.1, 0.15) is 5.82 Å². The van der Waals surface area contributed by atoms with Gasteiger partial charge in [-0.25, -0.2) is 9.18 Å². The monoisotopic (exact) mass is 441 g/mol. The maximum Gasteiger partial charge on any atom is 0.315 e. The lowest BCUT2D eigenvalue weighted by atomic mass is 10.2. The predicted molar refractivity (Wildman–Crippen MR) is 120 cm³/mol. The molecule has 0 aromatic heterocycles. The molecule has 1 aliphatic rings. The van der Waals surface area contributed by atoms with Crippen LogP contribution in [0.5, 0.6) is 0 Å². The van der Waals surface area contributed by atoms with Crippen LogP contribution in [0.25, 0.3) is 0 Å². The Balaban J connectivity index is 1.26. The molecule has 9 heteroatoms. The lowest BCUT2D eigenvalue weighted by Gasteiger charge is -2.36. The van der Waals surface area contributed by atoms with E-state index in [0.29, 0.717) is 13.1 Å². The van der Waals surface area contributed by atoms with Gasteiger partial charge >= 0.3 is 6.03 Å². The lowest BCUT2D eigenvalue weighted by molar-refractivity contribution is -0.131. The Kier molecular flexibility index (Phi) is 8.42. The Labute approximate surface area is 186 Å². The average molecular weight is 442 g/mol. The van der Waals surface area contributed by atoms with Gasteiger partial charge in [-0.15, -0.1) is 0 Å². The zero-order valence-electron chi connectivity index (χ0n) is 17.9. The number of hydrogen-bond acceptors (Lipinski definition) is 4. The highest BCUT2D eigenvalue weighted by atomic mass is 19.1. The third kappa shape index (κ3) is 7.26. The van der Waals surface area contributed by atoms with Crippen LogP contribution in [0.1, 0.15) is 12.0 Å². The van der Waals surface area contributed by atoms with Gasteiger partial charge in [0.2, 0.25) is 11.8 Å². The maximum absolute atomic E-state index is 12.9. The van der Waals surface area contributed by atoms with Crippen LogP contribution < -0.4 is 20.9 Å². The Morgan fingerprint density at radius 2 is 1.53 bits per heavy atom. The van der Waals surface area contributed by atoms with E-state index < -0.39 is 6.03 Å². The molecule has 8 nitrogen and oxygen atoms in total. The molecule has 170 valence electrons. The number of amides is 4. The second-order valence-electron chi connectivity index (χ2n) is 7.47. The van der Waals surface area contributed by atoms with Crippen molar-refractivity contribution in [3.8, 4) is 0 Å². The molecule has 0 spiro atoms. The number of nitrogens with zero attached hydrogens (tertiary/aromatic N) is 2. The molecule has 0 atom stereocenters. The van der Waals surface area contributed by atoms with Gasteiger partial charge in [-0.1, -0.05) is 30.3 Å². The standard InChI is InChI=1S/C23H28FN5O3/c24-19-8-6-18(7-9-19)16-26-23(32)27-17-21(30)25-11-10-22(31)29-14-12-28(13-15-29)20-4-2-1-3-5-20/h1-9H,10-17H2,(H,25,30)(H2,26,27,32). The molecule has 1 saturated heterocycles. The Morgan fingerprint density at radius 3 is 2.22 bits per heavy atom. The molecule has 0 bridgehead atoms. The van der Waals surface area contributed by atoms with Gasteiger partial charge in [-0.3, -0.25) is 9.59 Å². The summed E-state index contributed by atoms with van der Waals surface area (Å²) in [5.41, 5.74) is 1.90. The molecule has 3 N–H and O–H groups in total. The molecular weight excluding hydrogens is 413 g/mol. The number of carbonyl (C=O) groups is 3. The minimum atomic E-state index is -0.503. The van der Waals surface area contributed by atoms with Crippen molar-refractivity contribution in [2.75, 3.05) is 44.2 Å². The first kappa shape index (κ1) is 23.1. The number of urea groups is 1. The fraction of sp³-hybridized carbons (Fsp3) is 0.348. The quantitative estimate of drug-likeness (QED) is 0.579. The van der Waals surface area contributed by atoms with Crippen LogP contribution >= 0.6 is 0 Å². The van der Waals surface area contributed by atoms with Gasteiger partial charge in [-0.05, 0) is 29.8 Å². The van der Waals surface area contributed by atoms with E-state index in [1.54, 1.807) is 12.1 Å². The molecule has 0 saturated carbocycles. The molecule has 0 unspecified atom stereocenters. The number of piperazine rings is 1. The third-order valence-electron chi connectivity index (χ3n) is 5.19. The van der Waals surface area contributed by atoms with Crippen LogP contribution in [0.4, 0.5) is 14.9 Å². The third-order valence-corrected chi connectivity index (χ3v) is 5.19. The van der Waals surface area contributed by atoms with Gasteiger partial charge in [0.05, 0.1) is 6.54 Å². The van der Waals surface area contributed by atoms with Gasteiger partial charge < -0.3 is 25.8 Å². The zero-order valence-corrected chi connectivity index (χ0v) is 17.9. The van der Waals surface area contributed by atoms with Crippen molar-refractivity contribution in [1.82, 2.24) is 20.9 Å². The summed E-state index contributed by atoms with van der Waals surface area (Å²) < 4.78 is 12.9. The van der Waals surface area contributed by atoms with E-state index >= 15 is 0 Å². The van der Waals surface area contributed by atoms with Crippen LogP contribution in [0.3, 0.4) is 0 Å². The van der Waals surface area contributed by atoms with E-state index in [9.17, 15) is 18.8 Å². The van der Waals surface area contributed by atoms with Crippen LogP contribution in [-0.4, -0.2) is 62.0 Å². The first-order valence-electron chi connectivity index (χ1n) is 10.6. The minimum absolute atomic E-state index is 0.00279. The van der Waals surface area contributed by atoms with Crippen molar-refractivity contribution in [1.29, 1.82) is 0 Å². The van der Waals surface area contributed by atoms with Crippen molar-refractivity contribution in [2.24, 2.45) is 0 Å². The summed E-state index contributed by atoms with van der Waals surface area (Å²) in [7, 11) is 0. The Bertz CT molecular complexity index is 900. The van der Waals surface area contributed by atoms with Crippen LogP contribution in [-0.2, 0) is 16.1 Å². The second-order valence-corrected chi connectivity index (χ2v) is 7.47. The fourth-order valence-corrected chi connectivity index (χ4v) is 3.39. The molecule has 32 heavy (non-hydrogen) atoms. The number of hydrogen-bond donors (Lipinski definition) is 3. The summed E-state index contributed by atoms with van der Waals surface area (Å²) in [5.74, 6) is -0.713. The zero-order chi connectivity index (χ0) is 22.8. The van der Waals surface area contributed by atoms with Crippen LogP contribution in [0, 0.1) is 5.82 Å². The van der Waals surface area contributed by atoms with E-state index in [-0.39, 0.29) is 43.7 Å². The fourth-order valence-electron chi connectivity index (χ4n) is 3.39. The highest BCUT2D eigenvalue weighted by Crippen LogP contribution is 2.15. The van der Waals surface area contributed by atoms with Gasteiger partial charge in [0.15, 0.2) is 0 Å². The molecule has 1 heterocycles. The normalized spacial score (nSPS) is 13.4. The van der Waals surface area contributed by atoms with Crippen molar-refractivity contribution in [3.63, 3.8) is 0 Å². The number of carbonyl (C=O) groups excluding carboxylic acids is 3. The van der Waals surface area contributed by atoms with Gasteiger partial charge in [0.25, 0.3) is 0 Å². The predicted octanol–water partition coefficient (Wildman–Crippen LogP) is 1.48. The number of halogens is 1. The number of benzene rings is 2. The van der Waals surface area contributed by atoms with Crippen molar-refractivity contribution < 1.29 is 18.8 Å². The highest BCUT2D eigenvalue weighted by molar-refractivity contribution is 5.84. The van der Waals surface area contributed by atoms with Crippen molar-refractivity contribution in [3.05, 3.63) is 66.0 Å². The molecule has 2 aromatic carbocycles. The van der Waals surface area contributed by atoms with E-state index in [2.05, 4.69) is 33.0 Å². The second kappa shape index (κ2) is 11.7. The lowest BCUT2D eigenvalue weighted by Crippen LogP contribution is -2.49. The molecular formula is C23H28FN5O3. The van der Waals surface area contributed by atoms with E-state index in [4.69, 9.17) is 0 Å². The first-order chi connectivity index (χ1) is 15.5. The average Bonchev–Trinajstić information content (AvgIpc) is 2.83. The summed E-state index contributed by atoms with van der Waals surface area (Å²) in [4.78, 5) is 40.1. The van der Waals surface area contributed by atoms with E-state index in [1.807, 2.05) is 23.1 Å². The van der Waals surface area contributed by atoms with Gasteiger partial charge in [-0.2, -0.15) is 0 Å². The summed E-state index contributed by atoms with van der Waals surface area (Å²) in [6, 6.07) is 15.4. The van der Waals surface area contributed by atoms with E-state index in [1.165, 1.54) is 12.1 Å². The Hall–Kier alpha value is -3.62. The molecule has 2 aromatic rings. The molecule has 1 fully saturated rings. The summed E-state index contributed by atoms with van der Waals surface area (Å²) in [5, 5.41) is 7.68. The SMILES string of the molecule is O=C(CNC(=O)NCc1ccc(F)cc1)NCCC(=O)N1CCN(c2ccccc2)CC1. The number of rotatable bonds is 8. The largest absolute Gasteiger partial charge is 0.368 e. The smallest absolute Gasteiger partial charge is 0.315 e. The molecule has 3 rings (SSSR count). The number of nitrogens with one attached hydrogen (secondary N) is 3. The highest BCUT2D eigenvalue weighted by Gasteiger charge is 2.21. The maximum atomic E-state index is 12.9. The molecule has 0 aliphatic carbocycles. The van der Waals surface area contributed by atoms with Crippen LogP contribution in [0.2, 0.25) is 0 Å². The summed E-state index contributed by atoms with van der Waals surface area (Å²) >= 11 is 0. The summed E-state index contributed by atoms with van der Waals surface area (Å²) in [6.07, 6.45) is 0.216. The topological polar surface area (TPSA) is 93.8 Å². The van der Waals surface area contributed by atoms with Crippen molar-refractivity contribution in [2.45, 2.75) is 13.0 Å². The molecule has 0 radical (unpaired) electrons. The number of para-hydroxylation sites is 1. The van der Waals surface area contributed by atoms with Gasteiger partial charge in [0, 0.05) is 51.4 Å². The molecule has 4 amide bonds. The van der Waals surface area contributed by atoms with Crippen molar-refractivity contribution >= 4 is 23.5 Å². The van der Waals surface area contributed by atoms with Crippen LogP contribution in [0.15, 0.2) is 54.6 Å². The molecule has 1 aliphatic heterocycles. The van der Waals surface area contributed by atoms with E-state index in [0.717, 1.165) is 24.3 Å². The Morgan fingerprint density at radius 1 is 0.844 bits per heavy atom.